The third kappa shape index (κ3) is 5.85. The van der Waals surface area contributed by atoms with Crippen molar-refractivity contribution in [2.45, 2.75) is 38.6 Å². The molecule has 1 atom stereocenters. The lowest BCUT2D eigenvalue weighted by Crippen LogP contribution is -2.26. The van der Waals surface area contributed by atoms with Crippen LogP contribution in [-0.4, -0.2) is 26.8 Å². The summed E-state index contributed by atoms with van der Waals surface area (Å²) in [6.07, 6.45) is 4.67. The van der Waals surface area contributed by atoms with Crippen LogP contribution >= 0.6 is 0 Å². The van der Waals surface area contributed by atoms with Gasteiger partial charge < -0.3 is 10.1 Å². The Morgan fingerprint density at radius 3 is 2.47 bits per heavy atom. The van der Waals surface area contributed by atoms with E-state index in [2.05, 4.69) is 36.5 Å². The zero-order chi connectivity index (χ0) is 12.5. The van der Waals surface area contributed by atoms with Crippen molar-refractivity contribution in [3.63, 3.8) is 0 Å². The summed E-state index contributed by atoms with van der Waals surface area (Å²) in [4.78, 5) is 0. The van der Waals surface area contributed by atoms with Crippen LogP contribution in [0.25, 0.3) is 0 Å². The fourth-order valence-electron chi connectivity index (χ4n) is 2.00. The minimum absolute atomic E-state index is 0.603. The molecule has 1 aromatic carbocycles. The fraction of sp³-hybridized carbons (Fsp3) is 0.600. The number of aryl methyl sites for hydroxylation is 2. The molecule has 0 radical (unpaired) electrons. The van der Waals surface area contributed by atoms with Crippen molar-refractivity contribution in [1.29, 1.82) is 0 Å². The first kappa shape index (κ1) is 14.2. The van der Waals surface area contributed by atoms with Gasteiger partial charge in [-0.2, -0.15) is 0 Å². The highest BCUT2D eigenvalue weighted by molar-refractivity contribution is 5.21. The second-order valence-electron chi connectivity index (χ2n) is 4.64. The molecule has 1 aromatic rings. The molecule has 0 saturated carbocycles. The maximum Gasteiger partial charge on any atom is 0.0462 e. The summed E-state index contributed by atoms with van der Waals surface area (Å²) in [6.45, 7) is 2.99. The number of benzene rings is 1. The van der Waals surface area contributed by atoms with E-state index in [9.17, 15) is 0 Å². The standard InChI is InChI=1S/C15H25NO/c1-13-6-8-14(9-7-13)10-11-15(16-2)5-4-12-17-3/h6-9,15-16H,4-5,10-12H2,1-3H3. The molecule has 1 rings (SSSR count). The van der Waals surface area contributed by atoms with Crippen LogP contribution in [0.4, 0.5) is 0 Å². The number of rotatable bonds is 8. The first-order chi connectivity index (χ1) is 8.26. The minimum atomic E-state index is 0.603. The Bertz CT molecular complexity index is 294. The van der Waals surface area contributed by atoms with Gasteiger partial charge in [-0.25, -0.2) is 0 Å². The predicted octanol–water partition coefficient (Wildman–Crippen LogP) is 2.94. The van der Waals surface area contributed by atoms with Crippen LogP contribution in [0.15, 0.2) is 24.3 Å². The largest absolute Gasteiger partial charge is 0.385 e. The maximum absolute atomic E-state index is 5.08. The number of methoxy groups -OCH3 is 1. The van der Waals surface area contributed by atoms with Crippen molar-refractivity contribution >= 4 is 0 Å². The molecule has 17 heavy (non-hydrogen) atoms. The van der Waals surface area contributed by atoms with Gasteiger partial charge in [0.25, 0.3) is 0 Å². The average Bonchev–Trinajstić information content (AvgIpc) is 2.35. The third-order valence-electron chi connectivity index (χ3n) is 3.21. The molecule has 0 aromatic heterocycles. The normalized spacial score (nSPS) is 12.6. The summed E-state index contributed by atoms with van der Waals surface area (Å²) in [5.41, 5.74) is 2.77. The Morgan fingerprint density at radius 1 is 1.18 bits per heavy atom. The topological polar surface area (TPSA) is 21.3 Å². The zero-order valence-corrected chi connectivity index (χ0v) is 11.3. The van der Waals surface area contributed by atoms with E-state index in [0.717, 1.165) is 19.4 Å². The number of nitrogens with one attached hydrogen (secondary N) is 1. The molecule has 0 heterocycles. The van der Waals surface area contributed by atoms with E-state index in [4.69, 9.17) is 4.74 Å². The fourth-order valence-corrected chi connectivity index (χ4v) is 2.00. The second-order valence-corrected chi connectivity index (χ2v) is 4.64. The van der Waals surface area contributed by atoms with Crippen molar-refractivity contribution in [2.24, 2.45) is 0 Å². The van der Waals surface area contributed by atoms with Gasteiger partial charge in [0.05, 0.1) is 0 Å². The molecule has 0 aliphatic carbocycles. The van der Waals surface area contributed by atoms with E-state index in [1.807, 2.05) is 7.05 Å². The van der Waals surface area contributed by atoms with E-state index < -0.39 is 0 Å². The van der Waals surface area contributed by atoms with E-state index >= 15 is 0 Å². The second kappa shape index (κ2) is 8.26. The number of ether oxygens (including phenoxy) is 1. The summed E-state index contributed by atoms with van der Waals surface area (Å²) in [6, 6.07) is 9.45. The van der Waals surface area contributed by atoms with E-state index in [1.54, 1.807) is 7.11 Å². The quantitative estimate of drug-likeness (QED) is 0.700. The number of hydrogen-bond acceptors (Lipinski definition) is 2. The van der Waals surface area contributed by atoms with Crippen LogP contribution in [0.1, 0.15) is 30.4 Å². The lowest BCUT2D eigenvalue weighted by atomic mass is 10.0. The van der Waals surface area contributed by atoms with Crippen LogP contribution in [0.5, 0.6) is 0 Å². The van der Waals surface area contributed by atoms with Gasteiger partial charge in [-0.15, -0.1) is 0 Å². The van der Waals surface area contributed by atoms with Gasteiger partial charge in [-0.3, -0.25) is 0 Å². The highest BCUT2D eigenvalue weighted by Gasteiger charge is 2.05. The molecule has 0 bridgehead atoms. The third-order valence-corrected chi connectivity index (χ3v) is 3.21. The van der Waals surface area contributed by atoms with Crippen LogP contribution in [0.3, 0.4) is 0 Å². The predicted molar refractivity (Wildman–Crippen MR) is 73.5 cm³/mol. The Balaban J connectivity index is 2.29. The van der Waals surface area contributed by atoms with Gasteiger partial charge in [0.1, 0.15) is 0 Å². The smallest absolute Gasteiger partial charge is 0.0462 e. The maximum atomic E-state index is 5.08. The number of hydrogen-bond donors (Lipinski definition) is 1. The van der Waals surface area contributed by atoms with Crippen LogP contribution in [-0.2, 0) is 11.2 Å². The van der Waals surface area contributed by atoms with E-state index in [1.165, 1.54) is 24.0 Å². The first-order valence-corrected chi connectivity index (χ1v) is 6.48. The van der Waals surface area contributed by atoms with Gasteiger partial charge >= 0.3 is 0 Å². The molecule has 2 heteroatoms. The van der Waals surface area contributed by atoms with E-state index in [-0.39, 0.29) is 0 Å². The molecule has 2 nitrogen and oxygen atoms in total. The van der Waals surface area contributed by atoms with Crippen molar-refractivity contribution < 1.29 is 4.74 Å². The average molecular weight is 235 g/mol. The molecule has 0 aliphatic rings. The van der Waals surface area contributed by atoms with Gasteiger partial charge in [-0.1, -0.05) is 29.8 Å². The molecule has 0 spiro atoms. The van der Waals surface area contributed by atoms with Crippen molar-refractivity contribution in [1.82, 2.24) is 5.32 Å². The Hall–Kier alpha value is -0.860. The van der Waals surface area contributed by atoms with Gasteiger partial charge in [0, 0.05) is 19.8 Å². The van der Waals surface area contributed by atoms with Gasteiger partial charge in [0.15, 0.2) is 0 Å². The van der Waals surface area contributed by atoms with Crippen LogP contribution in [0.2, 0.25) is 0 Å². The van der Waals surface area contributed by atoms with Gasteiger partial charge in [-0.05, 0) is 45.2 Å². The first-order valence-electron chi connectivity index (χ1n) is 6.48. The Kier molecular flexibility index (Phi) is 6.90. The molecule has 1 unspecified atom stereocenters. The molecular formula is C15H25NO. The summed E-state index contributed by atoms with van der Waals surface area (Å²) in [7, 11) is 3.81. The molecular weight excluding hydrogens is 210 g/mol. The molecule has 0 saturated heterocycles. The highest BCUT2D eigenvalue weighted by atomic mass is 16.5. The molecule has 0 aliphatic heterocycles. The highest BCUT2D eigenvalue weighted by Crippen LogP contribution is 2.10. The lowest BCUT2D eigenvalue weighted by Gasteiger charge is -2.15. The Morgan fingerprint density at radius 2 is 1.88 bits per heavy atom. The van der Waals surface area contributed by atoms with Gasteiger partial charge in [0.2, 0.25) is 0 Å². The summed E-state index contributed by atoms with van der Waals surface area (Å²) < 4.78 is 5.08. The van der Waals surface area contributed by atoms with Crippen molar-refractivity contribution in [3.05, 3.63) is 35.4 Å². The monoisotopic (exact) mass is 235 g/mol. The summed E-state index contributed by atoms with van der Waals surface area (Å²) in [5.74, 6) is 0. The molecule has 96 valence electrons. The molecule has 1 N–H and O–H groups in total. The molecule has 0 amide bonds. The van der Waals surface area contributed by atoms with Crippen molar-refractivity contribution in [3.8, 4) is 0 Å². The van der Waals surface area contributed by atoms with E-state index in [0.29, 0.717) is 6.04 Å². The Labute approximate surface area is 105 Å². The zero-order valence-electron chi connectivity index (χ0n) is 11.3. The minimum Gasteiger partial charge on any atom is -0.385 e. The van der Waals surface area contributed by atoms with Crippen LogP contribution in [0, 0.1) is 6.92 Å². The lowest BCUT2D eigenvalue weighted by molar-refractivity contribution is 0.188. The SMILES string of the molecule is CNC(CCCOC)CCc1ccc(C)cc1. The summed E-state index contributed by atoms with van der Waals surface area (Å²) >= 11 is 0. The van der Waals surface area contributed by atoms with Crippen LogP contribution < -0.4 is 5.32 Å². The summed E-state index contributed by atoms with van der Waals surface area (Å²) in [5, 5.41) is 3.39. The molecule has 0 fully saturated rings. The van der Waals surface area contributed by atoms with Crippen molar-refractivity contribution in [2.75, 3.05) is 20.8 Å².